The highest BCUT2D eigenvalue weighted by molar-refractivity contribution is 5.86. The number of aromatic nitrogens is 1. The topological polar surface area (TPSA) is 74.5 Å². The lowest BCUT2D eigenvalue weighted by Crippen LogP contribution is -2.45. The average molecular weight is 463 g/mol. The van der Waals surface area contributed by atoms with E-state index in [-0.39, 0.29) is 43.1 Å². The third kappa shape index (κ3) is 7.90. The molecule has 2 aromatic rings. The fraction of sp³-hybridized carbons (Fsp3) is 0.400. The van der Waals surface area contributed by atoms with Gasteiger partial charge in [0, 0.05) is 56.6 Å². The molecule has 0 saturated carbocycles. The maximum Gasteiger partial charge on any atom is 0.220 e. The van der Waals surface area contributed by atoms with Crippen LogP contribution < -0.4 is 16.0 Å². The summed E-state index contributed by atoms with van der Waals surface area (Å²) in [6.07, 6.45) is 2.90. The van der Waals surface area contributed by atoms with E-state index in [2.05, 4.69) is 27.1 Å². The maximum absolute atomic E-state index is 12.2. The number of benzene rings is 1. The number of aryl methyl sites for hydroxylation is 1. The number of halogens is 3. The fourth-order valence-corrected chi connectivity index (χ4v) is 3.16. The van der Waals surface area contributed by atoms with E-state index in [0.717, 1.165) is 48.8 Å². The molecule has 0 radical (unpaired) electrons. The first-order valence-corrected chi connectivity index (χ1v) is 9.11. The predicted molar refractivity (Wildman–Crippen MR) is 127 cm³/mol. The van der Waals surface area contributed by atoms with Gasteiger partial charge in [0.05, 0.1) is 0 Å². The lowest BCUT2D eigenvalue weighted by Gasteiger charge is -2.34. The van der Waals surface area contributed by atoms with Crippen molar-refractivity contribution in [2.24, 2.45) is 0 Å². The Morgan fingerprint density at radius 3 is 2.38 bits per heavy atom. The number of hydrogen-bond acceptors (Lipinski definition) is 5. The fourth-order valence-electron chi connectivity index (χ4n) is 3.16. The van der Waals surface area contributed by atoms with E-state index in [0.29, 0.717) is 19.4 Å². The number of nitrogens with two attached hydrogens (primary N) is 1. The monoisotopic (exact) mass is 461 g/mol. The Hall–Kier alpha value is -1.73. The van der Waals surface area contributed by atoms with Crippen molar-refractivity contribution in [2.75, 3.05) is 43.9 Å². The zero-order chi connectivity index (χ0) is 18.4. The van der Waals surface area contributed by atoms with Crippen LogP contribution >= 0.6 is 37.2 Å². The minimum atomic E-state index is 0. The van der Waals surface area contributed by atoms with Gasteiger partial charge in [-0.15, -0.1) is 37.2 Å². The van der Waals surface area contributed by atoms with Crippen molar-refractivity contribution < 1.29 is 4.79 Å². The lowest BCUT2D eigenvalue weighted by atomic mass is 10.1. The van der Waals surface area contributed by atoms with Gasteiger partial charge in [-0.2, -0.15) is 0 Å². The predicted octanol–water partition coefficient (Wildman–Crippen LogP) is 2.93. The van der Waals surface area contributed by atoms with E-state index in [1.54, 1.807) is 0 Å². The minimum Gasteiger partial charge on any atom is -0.399 e. The van der Waals surface area contributed by atoms with Crippen molar-refractivity contribution in [3.05, 3.63) is 53.7 Å². The number of hydrogen-bond donors (Lipinski definition) is 2. The number of carbonyl (C=O) groups is 1. The summed E-state index contributed by atoms with van der Waals surface area (Å²) in [6.45, 7) is 4.48. The number of nitrogen functional groups attached to an aromatic ring is 1. The summed E-state index contributed by atoms with van der Waals surface area (Å²) in [6, 6.07) is 11.6. The van der Waals surface area contributed by atoms with Crippen LogP contribution in [0.1, 0.15) is 17.5 Å². The van der Waals surface area contributed by atoms with E-state index < -0.39 is 0 Å². The molecule has 1 aromatic heterocycles. The summed E-state index contributed by atoms with van der Waals surface area (Å²) in [5.74, 6) is 1.01. The van der Waals surface area contributed by atoms with E-state index in [4.69, 9.17) is 5.73 Å². The van der Waals surface area contributed by atoms with Crippen LogP contribution in [0.3, 0.4) is 0 Å². The van der Waals surface area contributed by atoms with Crippen molar-refractivity contribution in [1.29, 1.82) is 0 Å². The number of nitrogens with zero attached hydrogens (tertiary/aromatic N) is 3. The number of para-hydroxylation sites is 1. The molecule has 0 aliphatic carbocycles. The normalized spacial score (nSPS) is 13.5. The van der Waals surface area contributed by atoms with Crippen LogP contribution in [-0.2, 0) is 17.8 Å². The van der Waals surface area contributed by atoms with Gasteiger partial charge < -0.3 is 20.9 Å². The van der Waals surface area contributed by atoms with Crippen LogP contribution in [-0.4, -0.2) is 49.0 Å². The zero-order valence-electron chi connectivity index (χ0n) is 16.5. The summed E-state index contributed by atoms with van der Waals surface area (Å²) >= 11 is 0. The Labute approximate surface area is 191 Å². The highest BCUT2D eigenvalue weighted by Crippen LogP contribution is 2.19. The van der Waals surface area contributed by atoms with Gasteiger partial charge in [-0.1, -0.05) is 24.3 Å². The summed E-state index contributed by atoms with van der Waals surface area (Å²) in [5.41, 5.74) is 8.75. The van der Waals surface area contributed by atoms with Gasteiger partial charge in [0.1, 0.15) is 5.82 Å². The van der Waals surface area contributed by atoms with Crippen LogP contribution in [0.15, 0.2) is 42.6 Å². The molecular weight excluding hydrogens is 433 g/mol. The average Bonchev–Trinajstić information content (AvgIpc) is 2.67. The standard InChI is InChI=1S/C20H27N5O.3ClH/c1-24-11-13-25(14-12-24)20-17(6-4-10-22-20)15-23-19(26)9-8-16-5-2-3-7-18(16)21;;;/h2-7,10H,8-9,11-15,21H2,1H3,(H,23,26);3*1H. The number of piperazine rings is 1. The first-order valence-electron chi connectivity index (χ1n) is 9.11. The molecule has 0 unspecified atom stereocenters. The summed E-state index contributed by atoms with van der Waals surface area (Å²) < 4.78 is 0. The van der Waals surface area contributed by atoms with E-state index in [1.165, 1.54) is 0 Å². The molecule has 3 rings (SSSR count). The van der Waals surface area contributed by atoms with Gasteiger partial charge in [-0.05, 0) is 31.2 Å². The van der Waals surface area contributed by atoms with Gasteiger partial charge in [0.2, 0.25) is 5.91 Å². The molecular formula is C20H30Cl3N5O. The van der Waals surface area contributed by atoms with Crippen molar-refractivity contribution in [2.45, 2.75) is 19.4 Å². The third-order valence-electron chi connectivity index (χ3n) is 4.82. The van der Waals surface area contributed by atoms with E-state index in [1.807, 2.05) is 42.6 Å². The molecule has 1 amide bonds. The van der Waals surface area contributed by atoms with Crippen LogP contribution in [0.25, 0.3) is 0 Å². The molecule has 1 aliphatic heterocycles. The van der Waals surface area contributed by atoms with Gasteiger partial charge in [0.15, 0.2) is 0 Å². The lowest BCUT2D eigenvalue weighted by molar-refractivity contribution is -0.121. The van der Waals surface area contributed by atoms with Crippen LogP contribution in [0.4, 0.5) is 11.5 Å². The Bertz CT molecular complexity index is 754. The van der Waals surface area contributed by atoms with Gasteiger partial charge >= 0.3 is 0 Å². The second-order valence-electron chi connectivity index (χ2n) is 6.75. The number of pyridine rings is 1. The quantitative estimate of drug-likeness (QED) is 0.646. The summed E-state index contributed by atoms with van der Waals surface area (Å²) in [5, 5.41) is 3.02. The van der Waals surface area contributed by atoms with Crippen molar-refractivity contribution in [3.8, 4) is 0 Å². The molecule has 2 heterocycles. The molecule has 3 N–H and O–H groups in total. The third-order valence-corrected chi connectivity index (χ3v) is 4.82. The summed E-state index contributed by atoms with van der Waals surface area (Å²) in [4.78, 5) is 21.4. The maximum atomic E-state index is 12.2. The Morgan fingerprint density at radius 1 is 1.03 bits per heavy atom. The van der Waals surface area contributed by atoms with E-state index in [9.17, 15) is 4.79 Å². The molecule has 162 valence electrons. The van der Waals surface area contributed by atoms with Crippen LogP contribution in [0.5, 0.6) is 0 Å². The number of carbonyl (C=O) groups excluding carboxylic acids is 1. The Kier molecular flexibility index (Phi) is 12.7. The molecule has 9 heteroatoms. The Morgan fingerprint density at radius 2 is 1.69 bits per heavy atom. The van der Waals surface area contributed by atoms with Gasteiger partial charge in [0.25, 0.3) is 0 Å². The van der Waals surface area contributed by atoms with Crippen molar-refractivity contribution >= 4 is 54.6 Å². The molecule has 29 heavy (non-hydrogen) atoms. The van der Waals surface area contributed by atoms with E-state index >= 15 is 0 Å². The number of nitrogens with one attached hydrogen (secondary N) is 1. The molecule has 1 aliphatic rings. The number of rotatable bonds is 6. The zero-order valence-corrected chi connectivity index (χ0v) is 19.0. The molecule has 1 fully saturated rings. The van der Waals surface area contributed by atoms with Crippen LogP contribution in [0.2, 0.25) is 0 Å². The smallest absolute Gasteiger partial charge is 0.220 e. The molecule has 0 atom stereocenters. The molecule has 0 bridgehead atoms. The highest BCUT2D eigenvalue weighted by atomic mass is 35.5. The SMILES string of the molecule is CN1CCN(c2ncccc2CNC(=O)CCc2ccccc2N)CC1.Cl.Cl.Cl. The molecule has 6 nitrogen and oxygen atoms in total. The van der Waals surface area contributed by atoms with Crippen LogP contribution in [0, 0.1) is 0 Å². The van der Waals surface area contributed by atoms with Gasteiger partial charge in [-0.3, -0.25) is 4.79 Å². The highest BCUT2D eigenvalue weighted by Gasteiger charge is 2.18. The molecule has 1 saturated heterocycles. The van der Waals surface area contributed by atoms with Gasteiger partial charge in [-0.25, -0.2) is 4.98 Å². The minimum absolute atomic E-state index is 0. The van der Waals surface area contributed by atoms with Crippen molar-refractivity contribution in [3.63, 3.8) is 0 Å². The summed E-state index contributed by atoms with van der Waals surface area (Å²) in [7, 11) is 2.14. The second-order valence-corrected chi connectivity index (χ2v) is 6.75. The number of likely N-dealkylation sites (N-methyl/N-ethyl adjacent to an activating group) is 1. The molecule has 1 aromatic carbocycles. The largest absolute Gasteiger partial charge is 0.399 e. The number of anilines is 2. The number of amides is 1. The first-order chi connectivity index (χ1) is 12.6. The molecule has 0 spiro atoms. The van der Waals surface area contributed by atoms with Crippen molar-refractivity contribution in [1.82, 2.24) is 15.2 Å². The Balaban J connectivity index is 0.00000261. The first kappa shape index (κ1) is 27.3. The second kappa shape index (κ2) is 13.5.